The third-order valence-electron chi connectivity index (χ3n) is 6.31. The average Bonchev–Trinajstić information content (AvgIpc) is 3.49. The van der Waals surface area contributed by atoms with Crippen LogP contribution >= 0.6 is 11.3 Å². The molecule has 1 aromatic heterocycles. The lowest BCUT2D eigenvalue weighted by Crippen LogP contribution is -2.29. The Balaban J connectivity index is 1.66. The van der Waals surface area contributed by atoms with E-state index in [9.17, 15) is 24.8 Å². The standard InChI is InChI=1S/C29H25N3O7S/c1-3-14-39-20-10-8-17(9-11-20)26(33)24-25(18-6-5-7-19(15-18)32(36)37)31(28(35)27(24)34)29-30-22-13-12-21(38-4-2)16-23(22)40-29/h5-13,15-16,25,33H,3-4,14H2,1-2H3/b26-24+. The number of hydrogen-bond acceptors (Lipinski definition) is 9. The molecular formula is C29H25N3O7S. The minimum atomic E-state index is -1.15. The predicted octanol–water partition coefficient (Wildman–Crippen LogP) is 6.02. The molecule has 0 aliphatic carbocycles. The zero-order chi connectivity index (χ0) is 28.4. The smallest absolute Gasteiger partial charge is 0.301 e. The zero-order valence-corrected chi connectivity index (χ0v) is 22.5. The molecule has 0 bridgehead atoms. The Morgan fingerprint density at radius 3 is 2.50 bits per heavy atom. The molecule has 4 aromatic rings. The highest BCUT2D eigenvalue weighted by Crippen LogP contribution is 2.45. The third kappa shape index (κ3) is 4.98. The van der Waals surface area contributed by atoms with E-state index in [2.05, 4.69) is 4.98 Å². The lowest BCUT2D eigenvalue weighted by molar-refractivity contribution is -0.384. The lowest BCUT2D eigenvalue weighted by atomic mass is 9.95. The van der Waals surface area contributed by atoms with Crippen molar-refractivity contribution in [3.05, 3.63) is 93.5 Å². The number of anilines is 1. The van der Waals surface area contributed by atoms with Crippen molar-refractivity contribution < 1.29 is 29.1 Å². The fourth-order valence-corrected chi connectivity index (χ4v) is 5.51. The Bertz CT molecular complexity index is 1650. The number of aliphatic hydroxyl groups excluding tert-OH is 1. The number of Topliss-reactive ketones (excluding diaryl/α,β-unsaturated/α-hetero) is 1. The van der Waals surface area contributed by atoms with E-state index < -0.39 is 28.4 Å². The van der Waals surface area contributed by atoms with Gasteiger partial charge in [-0.1, -0.05) is 30.4 Å². The van der Waals surface area contributed by atoms with Gasteiger partial charge in [0.05, 0.1) is 40.0 Å². The second-order valence-electron chi connectivity index (χ2n) is 8.95. The van der Waals surface area contributed by atoms with E-state index in [0.29, 0.717) is 35.8 Å². The Hall–Kier alpha value is -4.77. The normalized spacial score (nSPS) is 16.4. The molecule has 40 heavy (non-hydrogen) atoms. The van der Waals surface area contributed by atoms with E-state index >= 15 is 0 Å². The first-order chi connectivity index (χ1) is 19.3. The molecule has 1 fully saturated rings. The van der Waals surface area contributed by atoms with Crippen molar-refractivity contribution in [2.75, 3.05) is 18.1 Å². The molecule has 11 heteroatoms. The summed E-state index contributed by atoms with van der Waals surface area (Å²) in [5.41, 5.74) is 0.758. The maximum absolute atomic E-state index is 13.5. The first-order valence-electron chi connectivity index (χ1n) is 12.6. The number of amides is 1. The number of carbonyl (C=O) groups is 2. The summed E-state index contributed by atoms with van der Waals surface area (Å²) in [6.07, 6.45) is 0.826. The molecular weight excluding hydrogens is 534 g/mol. The van der Waals surface area contributed by atoms with Crippen LogP contribution in [0.3, 0.4) is 0 Å². The Labute approximate surface area is 233 Å². The summed E-state index contributed by atoms with van der Waals surface area (Å²) < 4.78 is 11.9. The molecule has 0 spiro atoms. The van der Waals surface area contributed by atoms with Crippen LogP contribution in [0.2, 0.25) is 0 Å². The molecule has 1 atom stereocenters. The summed E-state index contributed by atoms with van der Waals surface area (Å²) in [4.78, 5) is 43.7. The zero-order valence-electron chi connectivity index (χ0n) is 21.7. The van der Waals surface area contributed by atoms with Gasteiger partial charge in [0.15, 0.2) is 5.13 Å². The first-order valence-corrected chi connectivity index (χ1v) is 13.5. The van der Waals surface area contributed by atoms with Crippen LogP contribution in [0.5, 0.6) is 11.5 Å². The van der Waals surface area contributed by atoms with Crippen LogP contribution in [0.25, 0.3) is 16.0 Å². The topological polar surface area (TPSA) is 132 Å². The summed E-state index contributed by atoms with van der Waals surface area (Å²) in [6.45, 7) is 4.85. The number of ketones is 1. The Morgan fingerprint density at radius 2 is 1.80 bits per heavy atom. The van der Waals surface area contributed by atoms with Gasteiger partial charge in [-0.25, -0.2) is 4.98 Å². The minimum absolute atomic E-state index is 0.193. The number of carbonyl (C=O) groups excluding carboxylic acids is 2. The van der Waals surface area contributed by atoms with E-state index in [0.717, 1.165) is 11.1 Å². The van der Waals surface area contributed by atoms with E-state index in [1.807, 2.05) is 13.8 Å². The largest absolute Gasteiger partial charge is 0.507 e. The van der Waals surface area contributed by atoms with Crippen LogP contribution in [-0.4, -0.2) is 39.9 Å². The molecule has 1 unspecified atom stereocenters. The summed E-state index contributed by atoms with van der Waals surface area (Å²) in [6, 6.07) is 16.3. The van der Waals surface area contributed by atoms with Gasteiger partial charge >= 0.3 is 5.91 Å². The highest BCUT2D eigenvalue weighted by atomic mass is 32.1. The summed E-state index contributed by atoms with van der Waals surface area (Å²) in [7, 11) is 0. The number of aliphatic hydroxyl groups is 1. The first kappa shape index (κ1) is 26.8. The van der Waals surface area contributed by atoms with Crippen LogP contribution in [0.1, 0.15) is 37.4 Å². The number of ether oxygens (including phenoxy) is 2. The van der Waals surface area contributed by atoms with Gasteiger partial charge in [-0.05, 0) is 61.4 Å². The van der Waals surface area contributed by atoms with E-state index in [4.69, 9.17) is 9.47 Å². The quantitative estimate of drug-likeness (QED) is 0.0866. The second kappa shape index (κ2) is 11.1. The maximum atomic E-state index is 13.5. The SMILES string of the molecule is CCCOc1ccc(/C(O)=C2\C(=O)C(=O)N(c3nc4ccc(OCC)cc4s3)C2c2cccc([N+](=O)[O-])c2)cc1. The van der Waals surface area contributed by atoms with Gasteiger partial charge in [0, 0.05) is 17.7 Å². The monoisotopic (exact) mass is 559 g/mol. The molecule has 0 radical (unpaired) electrons. The van der Waals surface area contributed by atoms with Crippen LogP contribution in [0, 0.1) is 10.1 Å². The molecule has 2 heterocycles. The van der Waals surface area contributed by atoms with Crippen molar-refractivity contribution in [3.8, 4) is 11.5 Å². The molecule has 0 saturated carbocycles. The second-order valence-corrected chi connectivity index (χ2v) is 9.96. The fraction of sp³-hybridized carbons (Fsp3) is 0.207. The molecule has 1 N–H and O–H groups in total. The minimum Gasteiger partial charge on any atom is -0.507 e. The molecule has 1 amide bonds. The summed E-state index contributed by atoms with van der Waals surface area (Å²) in [5, 5.41) is 23.1. The van der Waals surface area contributed by atoms with Crippen molar-refractivity contribution >= 4 is 49.8 Å². The van der Waals surface area contributed by atoms with Gasteiger partial charge in [-0.2, -0.15) is 0 Å². The lowest BCUT2D eigenvalue weighted by Gasteiger charge is -2.22. The van der Waals surface area contributed by atoms with E-state index in [1.54, 1.807) is 48.5 Å². The van der Waals surface area contributed by atoms with Crippen LogP contribution in [-0.2, 0) is 9.59 Å². The molecule has 204 valence electrons. The third-order valence-corrected chi connectivity index (χ3v) is 7.32. The highest BCUT2D eigenvalue weighted by Gasteiger charge is 2.48. The number of nitro benzene ring substituents is 1. The number of rotatable bonds is 9. The van der Waals surface area contributed by atoms with Crippen molar-refractivity contribution in [1.82, 2.24) is 4.98 Å². The van der Waals surface area contributed by atoms with Crippen LogP contribution in [0.4, 0.5) is 10.8 Å². The molecule has 10 nitrogen and oxygen atoms in total. The van der Waals surface area contributed by atoms with Gasteiger partial charge in [0.1, 0.15) is 17.3 Å². The fourth-order valence-electron chi connectivity index (χ4n) is 4.49. The van der Waals surface area contributed by atoms with E-state index in [-0.39, 0.29) is 22.0 Å². The van der Waals surface area contributed by atoms with Crippen molar-refractivity contribution in [2.45, 2.75) is 26.3 Å². The number of nitrogens with zero attached hydrogens (tertiary/aromatic N) is 3. The maximum Gasteiger partial charge on any atom is 0.301 e. The van der Waals surface area contributed by atoms with Crippen LogP contribution < -0.4 is 14.4 Å². The van der Waals surface area contributed by atoms with Gasteiger partial charge in [0.2, 0.25) is 0 Å². The number of benzene rings is 3. The predicted molar refractivity (Wildman–Crippen MR) is 151 cm³/mol. The number of thiazole rings is 1. The number of aromatic nitrogens is 1. The summed E-state index contributed by atoms with van der Waals surface area (Å²) >= 11 is 1.18. The van der Waals surface area contributed by atoms with Crippen molar-refractivity contribution in [1.29, 1.82) is 0 Å². The highest BCUT2D eigenvalue weighted by molar-refractivity contribution is 7.22. The molecule has 1 aliphatic heterocycles. The van der Waals surface area contributed by atoms with Crippen LogP contribution in [0.15, 0.2) is 72.3 Å². The molecule has 5 rings (SSSR count). The van der Waals surface area contributed by atoms with Gasteiger partial charge in [-0.3, -0.25) is 24.6 Å². The van der Waals surface area contributed by atoms with Crippen molar-refractivity contribution in [3.63, 3.8) is 0 Å². The van der Waals surface area contributed by atoms with Gasteiger partial charge in [-0.15, -0.1) is 0 Å². The number of fused-ring (bicyclic) bond motifs is 1. The van der Waals surface area contributed by atoms with Crippen molar-refractivity contribution in [2.24, 2.45) is 0 Å². The Morgan fingerprint density at radius 1 is 1.05 bits per heavy atom. The van der Waals surface area contributed by atoms with Gasteiger partial charge < -0.3 is 14.6 Å². The average molecular weight is 560 g/mol. The number of non-ortho nitro benzene ring substituents is 1. The number of nitro groups is 1. The molecule has 1 aliphatic rings. The Kier molecular flexibility index (Phi) is 7.47. The van der Waals surface area contributed by atoms with E-state index in [1.165, 1.54) is 34.4 Å². The number of hydrogen-bond donors (Lipinski definition) is 1. The molecule has 3 aromatic carbocycles. The molecule has 1 saturated heterocycles. The summed E-state index contributed by atoms with van der Waals surface area (Å²) in [5.74, 6) is -0.998. The van der Waals surface area contributed by atoms with Gasteiger partial charge in [0.25, 0.3) is 11.5 Å².